The molecule has 2 amide bonds. The lowest BCUT2D eigenvalue weighted by atomic mass is 9.72. The molecule has 1 aromatic carbocycles. The van der Waals surface area contributed by atoms with Gasteiger partial charge < -0.3 is 19.7 Å². The number of alkyl carbamates (subject to hydrolysis) is 1. The van der Waals surface area contributed by atoms with Crippen LogP contribution in [0.3, 0.4) is 0 Å². The van der Waals surface area contributed by atoms with Gasteiger partial charge in [-0.1, -0.05) is 30.3 Å². The zero-order chi connectivity index (χ0) is 19.0. The van der Waals surface area contributed by atoms with E-state index in [4.69, 9.17) is 9.47 Å². The third-order valence-corrected chi connectivity index (χ3v) is 4.76. The lowest BCUT2D eigenvalue weighted by molar-refractivity contribution is -0.151. The minimum Gasteiger partial charge on any atom is -0.468 e. The topological polar surface area (TPSA) is 84.9 Å². The number of amides is 2. The number of carbonyl (C=O) groups is 3. The van der Waals surface area contributed by atoms with Crippen LogP contribution < -0.4 is 5.32 Å². The normalized spacial score (nSPS) is 15.8. The maximum absolute atomic E-state index is 12.5. The van der Waals surface area contributed by atoms with Crippen LogP contribution in [0.2, 0.25) is 0 Å². The number of benzene rings is 1. The van der Waals surface area contributed by atoms with E-state index in [1.54, 1.807) is 11.8 Å². The monoisotopic (exact) mass is 362 g/mol. The molecule has 0 aromatic heterocycles. The number of piperidine rings is 1. The van der Waals surface area contributed by atoms with Gasteiger partial charge in [0, 0.05) is 26.1 Å². The molecular formula is C19H26N2O5. The fraction of sp³-hybridized carbons (Fsp3) is 0.526. The second kappa shape index (κ2) is 9.22. The molecule has 0 atom stereocenters. The lowest BCUT2D eigenvalue weighted by Gasteiger charge is -2.40. The molecule has 1 aliphatic heterocycles. The van der Waals surface area contributed by atoms with Crippen LogP contribution in [0.1, 0.15) is 31.7 Å². The summed E-state index contributed by atoms with van der Waals surface area (Å²) in [6.45, 7) is 3.19. The van der Waals surface area contributed by atoms with Gasteiger partial charge in [0.15, 0.2) is 0 Å². The fourth-order valence-electron chi connectivity index (χ4n) is 3.31. The third-order valence-electron chi connectivity index (χ3n) is 4.76. The van der Waals surface area contributed by atoms with Crippen molar-refractivity contribution in [3.63, 3.8) is 0 Å². The standard InChI is InChI=1S/C19H26N2O5/c1-3-26-18(24)20-12-9-16(22)21-13-10-19(11-14-21,17(23)25-2)15-7-5-4-6-8-15/h4-8H,3,9-14H2,1-2H3,(H,20,24). The Morgan fingerprint density at radius 1 is 1.15 bits per heavy atom. The summed E-state index contributed by atoms with van der Waals surface area (Å²) in [5.74, 6) is -0.312. The summed E-state index contributed by atoms with van der Waals surface area (Å²) in [6.07, 6.45) is 0.712. The summed E-state index contributed by atoms with van der Waals surface area (Å²) in [5, 5.41) is 2.54. The average Bonchev–Trinajstić information content (AvgIpc) is 2.68. The van der Waals surface area contributed by atoms with Crippen LogP contribution in [0.25, 0.3) is 0 Å². The van der Waals surface area contributed by atoms with Crippen molar-refractivity contribution in [2.75, 3.05) is 33.4 Å². The Bertz CT molecular complexity index is 624. The first-order valence-corrected chi connectivity index (χ1v) is 8.86. The molecule has 1 fully saturated rings. The molecule has 26 heavy (non-hydrogen) atoms. The molecule has 7 nitrogen and oxygen atoms in total. The molecule has 1 heterocycles. The van der Waals surface area contributed by atoms with E-state index in [2.05, 4.69) is 5.32 Å². The molecule has 0 aliphatic carbocycles. The van der Waals surface area contributed by atoms with Crippen LogP contribution in [0.5, 0.6) is 0 Å². The molecule has 0 radical (unpaired) electrons. The Hall–Kier alpha value is -2.57. The van der Waals surface area contributed by atoms with Crippen molar-refractivity contribution in [2.45, 2.75) is 31.6 Å². The van der Waals surface area contributed by atoms with E-state index in [0.717, 1.165) is 5.56 Å². The van der Waals surface area contributed by atoms with E-state index in [0.29, 0.717) is 32.5 Å². The minimum absolute atomic E-state index is 0.0478. The second-order valence-corrected chi connectivity index (χ2v) is 6.22. The van der Waals surface area contributed by atoms with Crippen molar-refractivity contribution in [3.05, 3.63) is 35.9 Å². The average molecular weight is 362 g/mol. The van der Waals surface area contributed by atoms with E-state index in [-0.39, 0.29) is 24.8 Å². The molecule has 0 saturated carbocycles. The predicted molar refractivity (Wildman–Crippen MR) is 95.6 cm³/mol. The molecule has 142 valence electrons. The summed E-state index contributed by atoms with van der Waals surface area (Å²) in [5.41, 5.74) is 0.207. The first kappa shape index (κ1) is 19.8. The van der Waals surface area contributed by atoms with Gasteiger partial charge in [-0.2, -0.15) is 0 Å². The number of rotatable bonds is 6. The van der Waals surface area contributed by atoms with Gasteiger partial charge in [-0.25, -0.2) is 4.79 Å². The highest BCUT2D eigenvalue weighted by Gasteiger charge is 2.44. The van der Waals surface area contributed by atoms with E-state index < -0.39 is 11.5 Å². The summed E-state index contributed by atoms with van der Waals surface area (Å²) in [7, 11) is 1.39. The first-order valence-electron chi connectivity index (χ1n) is 8.86. The SMILES string of the molecule is CCOC(=O)NCCC(=O)N1CCC(C(=O)OC)(c2ccccc2)CC1. The number of ether oxygens (including phenoxy) is 2. The predicted octanol–water partition coefficient (Wildman–Crippen LogP) is 1.86. The van der Waals surface area contributed by atoms with Crippen molar-refractivity contribution < 1.29 is 23.9 Å². The number of esters is 1. The largest absolute Gasteiger partial charge is 0.468 e. The molecule has 1 saturated heterocycles. The quantitative estimate of drug-likeness (QED) is 0.781. The Balaban J connectivity index is 1.94. The first-order chi connectivity index (χ1) is 12.5. The molecular weight excluding hydrogens is 336 g/mol. The number of nitrogens with one attached hydrogen (secondary N) is 1. The van der Waals surface area contributed by atoms with Crippen molar-refractivity contribution in [1.29, 1.82) is 0 Å². The molecule has 0 bridgehead atoms. The number of hydrogen-bond acceptors (Lipinski definition) is 5. The fourth-order valence-corrected chi connectivity index (χ4v) is 3.31. The Labute approximate surface area is 153 Å². The number of hydrogen-bond donors (Lipinski definition) is 1. The highest BCUT2D eigenvalue weighted by molar-refractivity contribution is 5.84. The summed E-state index contributed by atoms with van der Waals surface area (Å²) in [4.78, 5) is 37.8. The lowest BCUT2D eigenvalue weighted by Crippen LogP contribution is -2.49. The van der Waals surface area contributed by atoms with E-state index >= 15 is 0 Å². The van der Waals surface area contributed by atoms with Gasteiger partial charge in [-0.05, 0) is 25.3 Å². The molecule has 7 heteroatoms. The van der Waals surface area contributed by atoms with Gasteiger partial charge in [-0.15, -0.1) is 0 Å². The van der Waals surface area contributed by atoms with E-state index in [1.807, 2.05) is 30.3 Å². The highest BCUT2D eigenvalue weighted by Crippen LogP contribution is 2.36. The molecule has 1 aromatic rings. The van der Waals surface area contributed by atoms with Gasteiger partial charge in [0.2, 0.25) is 5.91 Å². The Kier molecular flexibility index (Phi) is 7.00. The highest BCUT2D eigenvalue weighted by atomic mass is 16.5. The molecule has 1 aliphatic rings. The molecule has 1 N–H and O–H groups in total. The third kappa shape index (κ3) is 4.53. The van der Waals surface area contributed by atoms with Crippen LogP contribution >= 0.6 is 0 Å². The van der Waals surface area contributed by atoms with Gasteiger partial charge in [0.1, 0.15) is 0 Å². The summed E-state index contributed by atoms with van der Waals surface area (Å²) < 4.78 is 9.81. The van der Waals surface area contributed by atoms with Crippen molar-refractivity contribution >= 4 is 18.0 Å². The zero-order valence-corrected chi connectivity index (χ0v) is 15.3. The Morgan fingerprint density at radius 2 is 1.81 bits per heavy atom. The van der Waals surface area contributed by atoms with Crippen LogP contribution in [-0.4, -0.2) is 56.2 Å². The molecule has 2 rings (SSSR count). The maximum atomic E-state index is 12.5. The smallest absolute Gasteiger partial charge is 0.407 e. The van der Waals surface area contributed by atoms with Gasteiger partial charge in [-0.3, -0.25) is 9.59 Å². The molecule has 0 unspecified atom stereocenters. The van der Waals surface area contributed by atoms with E-state index in [1.165, 1.54) is 7.11 Å². The van der Waals surface area contributed by atoms with Crippen molar-refractivity contribution in [3.8, 4) is 0 Å². The Morgan fingerprint density at radius 3 is 2.38 bits per heavy atom. The maximum Gasteiger partial charge on any atom is 0.407 e. The number of likely N-dealkylation sites (tertiary alicyclic amines) is 1. The number of carbonyl (C=O) groups excluding carboxylic acids is 3. The van der Waals surface area contributed by atoms with Gasteiger partial charge >= 0.3 is 12.1 Å². The van der Waals surface area contributed by atoms with Crippen LogP contribution in [0, 0.1) is 0 Å². The van der Waals surface area contributed by atoms with Crippen LogP contribution in [-0.2, 0) is 24.5 Å². The number of nitrogens with zero attached hydrogens (tertiary/aromatic N) is 1. The number of methoxy groups -OCH3 is 1. The summed E-state index contributed by atoms with van der Waals surface area (Å²) >= 11 is 0. The zero-order valence-electron chi connectivity index (χ0n) is 15.3. The summed E-state index contributed by atoms with van der Waals surface area (Å²) in [6, 6.07) is 9.57. The minimum atomic E-state index is -0.712. The van der Waals surface area contributed by atoms with Crippen LogP contribution in [0.4, 0.5) is 4.79 Å². The van der Waals surface area contributed by atoms with Gasteiger partial charge in [0.25, 0.3) is 0 Å². The van der Waals surface area contributed by atoms with Crippen molar-refractivity contribution in [1.82, 2.24) is 10.2 Å². The van der Waals surface area contributed by atoms with E-state index in [9.17, 15) is 14.4 Å². The van der Waals surface area contributed by atoms with Crippen LogP contribution in [0.15, 0.2) is 30.3 Å². The molecule has 0 spiro atoms. The van der Waals surface area contributed by atoms with Crippen molar-refractivity contribution in [2.24, 2.45) is 0 Å². The van der Waals surface area contributed by atoms with Gasteiger partial charge in [0.05, 0.1) is 19.1 Å². The second-order valence-electron chi connectivity index (χ2n) is 6.22.